The van der Waals surface area contributed by atoms with Crippen LogP contribution in [0.4, 0.5) is 4.39 Å². The van der Waals surface area contributed by atoms with Gasteiger partial charge in [0.2, 0.25) is 0 Å². The number of rotatable bonds is 2. The Kier molecular flexibility index (Phi) is 3.43. The highest BCUT2D eigenvalue weighted by Gasteiger charge is 2.42. The van der Waals surface area contributed by atoms with Gasteiger partial charge >= 0.3 is 5.97 Å². The van der Waals surface area contributed by atoms with Crippen LogP contribution >= 0.6 is 0 Å². The summed E-state index contributed by atoms with van der Waals surface area (Å²) < 4.78 is 13.6. The Morgan fingerprint density at radius 1 is 1.32 bits per heavy atom. The number of carboxylic acids is 1. The van der Waals surface area contributed by atoms with E-state index in [2.05, 4.69) is 0 Å². The fourth-order valence-corrected chi connectivity index (χ4v) is 2.74. The molecule has 2 N–H and O–H groups in total. The second-order valence-electron chi connectivity index (χ2n) is 4.91. The first-order valence-electron chi connectivity index (χ1n) is 6.18. The number of halogens is 1. The number of hydrogen-bond acceptors (Lipinski definition) is 3. The predicted octanol–water partition coefficient (Wildman–Crippen LogP) is 2.69. The van der Waals surface area contributed by atoms with Crippen LogP contribution in [0.3, 0.4) is 0 Å². The molecule has 0 unspecified atom stereocenters. The van der Waals surface area contributed by atoms with Gasteiger partial charge in [-0.15, -0.1) is 0 Å². The zero-order valence-electron chi connectivity index (χ0n) is 10.3. The highest BCUT2D eigenvalue weighted by Crippen LogP contribution is 2.41. The summed E-state index contributed by atoms with van der Waals surface area (Å²) in [5.41, 5.74) is -1.09. The largest absolute Gasteiger partial charge is 0.504 e. The van der Waals surface area contributed by atoms with E-state index in [-0.39, 0.29) is 11.1 Å². The van der Waals surface area contributed by atoms with Crippen molar-refractivity contribution >= 4 is 5.97 Å². The summed E-state index contributed by atoms with van der Waals surface area (Å²) in [5, 5.41) is 27.8. The first-order chi connectivity index (χ1) is 9.01. The van der Waals surface area contributed by atoms with Crippen LogP contribution in [-0.4, -0.2) is 16.2 Å². The lowest BCUT2D eigenvalue weighted by molar-refractivity contribution is -0.145. The zero-order valence-corrected chi connectivity index (χ0v) is 10.3. The van der Waals surface area contributed by atoms with Crippen molar-refractivity contribution in [3.05, 3.63) is 29.1 Å². The summed E-state index contributed by atoms with van der Waals surface area (Å²) in [6.45, 7) is 0. The topological polar surface area (TPSA) is 81.3 Å². The Morgan fingerprint density at radius 3 is 2.47 bits per heavy atom. The van der Waals surface area contributed by atoms with Gasteiger partial charge in [-0.05, 0) is 30.5 Å². The molecule has 1 saturated carbocycles. The maximum atomic E-state index is 13.6. The molecule has 0 aliphatic heterocycles. The van der Waals surface area contributed by atoms with Crippen molar-refractivity contribution in [3.8, 4) is 11.8 Å². The maximum absolute atomic E-state index is 13.6. The molecule has 0 heterocycles. The lowest BCUT2D eigenvalue weighted by atomic mass is 9.69. The van der Waals surface area contributed by atoms with Crippen LogP contribution in [-0.2, 0) is 10.2 Å². The van der Waals surface area contributed by atoms with E-state index in [4.69, 9.17) is 5.26 Å². The quantitative estimate of drug-likeness (QED) is 0.859. The third-order valence-electron chi connectivity index (χ3n) is 3.85. The minimum atomic E-state index is -1.14. The summed E-state index contributed by atoms with van der Waals surface area (Å²) in [4.78, 5) is 11.6. The molecule has 1 aliphatic carbocycles. The average molecular weight is 263 g/mol. The first kappa shape index (κ1) is 13.3. The maximum Gasteiger partial charge on any atom is 0.314 e. The van der Waals surface area contributed by atoms with E-state index in [0.29, 0.717) is 12.8 Å². The molecule has 0 radical (unpaired) electrons. The van der Waals surface area contributed by atoms with Crippen molar-refractivity contribution in [3.63, 3.8) is 0 Å². The lowest BCUT2D eigenvalue weighted by Crippen LogP contribution is -2.38. The minimum Gasteiger partial charge on any atom is -0.504 e. The van der Waals surface area contributed by atoms with Gasteiger partial charge in [-0.1, -0.05) is 19.3 Å². The van der Waals surface area contributed by atoms with Gasteiger partial charge in [0.25, 0.3) is 0 Å². The standard InChI is InChI=1S/C14H14FNO3/c15-11-7-10(6-9(8-16)12(11)17)14(13(18)19)4-2-1-3-5-14/h6-7,17H,1-5H2,(H,18,19). The van der Waals surface area contributed by atoms with Gasteiger partial charge < -0.3 is 10.2 Å². The molecule has 4 nitrogen and oxygen atoms in total. The summed E-state index contributed by atoms with van der Waals surface area (Å²) in [7, 11) is 0. The monoisotopic (exact) mass is 263 g/mol. The second kappa shape index (κ2) is 4.88. The molecule has 1 fully saturated rings. The highest BCUT2D eigenvalue weighted by molar-refractivity contribution is 5.82. The van der Waals surface area contributed by atoms with Crippen LogP contribution in [0, 0.1) is 17.1 Å². The molecule has 5 heteroatoms. The molecule has 0 saturated heterocycles. The number of nitriles is 1. The Bertz CT molecular complexity index is 557. The number of nitrogens with zero attached hydrogens (tertiary/aromatic N) is 1. The van der Waals surface area contributed by atoms with Crippen LogP contribution in [0.1, 0.15) is 43.2 Å². The summed E-state index contributed by atoms with van der Waals surface area (Å²) in [5.74, 6) is -2.66. The molecule has 0 amide bonds. The molecule has 1 aromatic carbocycles. The van der Waals surface area contributed by atoms with Crippen molar-refractivity contribution in [2.24, 2.45) is 0 Å². The van der Waals surface area contributed by atoms with E-state index >= 15 is 0 Å². The molecule has 0 atom stereocenters. The van der Waals surface area contributed by atoms with Gasteiger partial charge in [-0.25, -0.2) is 4.39 Å². The van der Waals surface area contributed by atoms with Crippen LogP contribution in [0.25, 0.3) is 0 Å². The van der Waals surface area contributed by atoms with Crippen LogP contribution in [0.15, 0.2) is 12.1 Å². The Hall–Kier alpha value is -2.09. The fraction of sp³-hybridized carbons (Fsp3) is 0.429. The average Bonchev–Trinajstić information content (AvgIpc) is 2.42. The number of phenolic OH excluding ortho intramolecular Hbond substituents is 1. The van der Waals surface area contributed by atoms with Crippen LogP contribution in [0.5, 0.6) is 5.75 Å². The molecular weight excluding hydrogens is 249 g/mol. The molecular formula is C14H14FNO3. The number of benzene rings is 1. The molecule has 1 aliphatic rings. The van der Waals surface area contributed by atoms with Crippen LogP contribution < -0.4 is 0 Å². The molecule has 2 rings (SSSR count). The normalized spacial score (nSPS) is 17.7. The van der Waals surface area contributed by atoms with E-state index in [1.165, 1.54) is 6.07 Å². The van der Waals surface area contributed by atoms with Gasteiger partial charge in [0.05, 0.1) is 11.0 Å². The van der Waals surface area contributed by atoms with Crippen LogP contribution in [0.2, 0.25) is 0 Å². The van der Waals surface area contributed by atoms with Gasteiger partial charge in [0, 0.05) is 0 Å². The van der Waals surface area contributed by atoms with Crippen molar-refractivity contribution in [1.82, 2.24) is 0 Å². The predicted molar refractivity (Wildman–Crippen MR) is 65.2 cm³/mol. The van der Waals surface area contributed by atoms with E-state index in [1.807, 2.05) is 0 Å². The van der Waals surface area contributed by atoms with Gasteiger partial charge in [-0.3, -0.25) is 4.79 Å². The van der Waals surface area contributed by atoms with Crippen molar-refractivity contribution < 1.29 is 19.4 Å². The fourth-order valence-electron chi connectivity index (χ4n) is 2.74. The van der Waals surface area contributed by atoms with Crippen molar-refractivity contribution in [2.75, 3.05) is 0 Å². The molecule has 1 aromatic rings. The molecule has 0 bridgehead atoms. The number of phenols is 1. The minimum absolute atomic E-state index is 0.221. The first-order valence-corrected chi connectivity index (χ1v) is 6.18. The summed E-state index contributed by atoms with van der Waals surface area (Å²) in [6, 6.07) is 4.02. The third-order valence-corrected chi connectivity index (χ3v) is 3.85. The molecule has 0 spiro atoms. The Labute approximate surface area is 110 Å². The molecule has 100 valence electrons. The third kappa shape index (κ3) is 2.14. The van der Waals surface area contributed by atoms with E-state index in [0.717, 1.165) is 25.3 Å². The smallest absolute Gasteiger partial charge is 0.314 e. The SMILES string of the molecule is N#Cc1cc(C2(C(=O)O)CCCCC2)cc(F)c1O. The van der Waals surface area contributed by atoms with E-state index in [1.54, 1.807) is 6.07 Å². The Balaban J connectivity index is 2.58. The number of aliphatic carboxylic acids is 1. The highest BCUT2D eigenvalue weighted by atomic mass is 19.1. The van der Waals surface area contributed by atoms with E-state index in [9.17, 15) is 19.4 Å². The van der Waals surface area contributed by atoms with Gasteiger partial charge in [0.1, 0.15) is 6.07 Å². The molecule has 0 aromatic heterocycles. The Morgan fingerprint density at radius 2 is 1.95 bits per heavy atom. The number of carbonyl (C=O) groups is 1. The number of aromatic hydroxyl groups is 1. The zero-order chi connectivity index (χ0) is 14.0. The second-order valence-corrected chi connectivity index (χ2v) is 4.91. The summed E-state index contributed by atoms with van der Waals surface area (Å²) in [6.07, 6.45) is 3.34. The van der Waals surface area contributed by atoms with Crippen molar-refractivity contribution in [2.45, 2.75) is 37.5 Å². The van der Waals surface area contributed by atoms with Gasteiger partial charge in [0.15, 0.2) is 11.6 Å². The summed E-state index contributed by atoms with van der Waals surface area (Å²) >= 11 is 0. The van der Waals surface area contributed by atoms with E-state index < -0.39 is 23.0 Å². The van der Waals surface area contributed by atoms with Crippen molar-refractivity contribution in [1.29, 1.82) is 5.26 Å². The van der Waals surface area contributed by atoms with Gasteiger partial charge in [-0.2, -0.15) is 5.26 Å². The molecule has 19 heavy (non-hydrogen) atoms. The number of hydrogen-bond donors (Lipinski definition) is 2. The lowest BCUT2D eigenvalue weighted by Gasteiger charge is -2.33. The number of carboxylic acid groups (broad SMARTS) is 1.